The number of pyridine rings is 1. The van der Waals surface area contributed by atoms with Gasteiger partial charge in [0.15, 0.2) is 4.90 Å². The topological polar surface area (TPSA) is 97.4 Å². The van der Waals surface area contributed by atoms with Crippen molar-refractivity contribution in [1.82, 2.24) is 4.98 Å². The number of rotatable bonds is 6. The molecule has 0 fully saturated rings. The molecule has 0 saturated heterocycles. The van der Waals surface area contributed by atoms with Crippen LogP contribution >= 0.6 is 0 Å². The second kappa shape index (κ2) is 8.54. The Morgan fingerprint density at radius 2 is 1.60 bits per heavy atom. The summed E-state index contributed by atoms with van der Waals surface area (Å²) in [7, 11) is -2.68. The molecule has 1 amide bonds. The molecule has 0 unspecified atom stereocenters. The third kappa shape index (κ3) is 4.44. The number of amides is 1. The Morgan fingerprint density at radius 3 is 2.23 bits per heavy atom. The summed E-state index contributed by atoms with van der Waals surface area (Å²) in [5.41, 5.74) is 3.61. The van der Waals surface area contributed by atoms with Crippen molar-refractivity contribution < 1.29 is 17.9 Å². The van der Waals surface area contributed by atoms with Gasteiger partial charge in [-0.15, -0.1) is 0 Å². The maximum Gasteiger partial charge on any atom is 0.267 e. The maximum atomic E-state index is 13.1. The minimum Gasteiger partial charge on any atom is -0.480 e. The molecule has 0 aliphatic heterocycles. The molecule has 2 aromatic carbocycles. The molecule has 1 aromatic heterocycles. The first-order chi connectivity index (χ1) is 14.2. The van der Waals surface area contributed by atoms with Gasteiger partial charge in [-0.1, -0.05) is 36.4 Å². The van der Waals surface area contributed by atoms with Crippen molar-refractivity contribution in [2.45, 2.75) is 25.7 Å². The zero-order valence-electron chi connectivity index (χ0n) is 17.2. The van der Waals surface area contributed by atoms with Crippen molar-refractivity contribution in [3.05, 3.63) is 77.0 Å². The van der Waals surface area contributed by atoms with Crippen LogP contribution in [0.15, 0.2) is 59.6 Å². The summed E-state index contributed by atoms with van der Waals surface area (Å²) in [4.78, 5) is 16.5. The highest BCUT2D eigenvalue weighted by atomic mass is 32.2. The second-order valence-corrected chi connectivity index (χ2v) is 8.52. The zero-order chi connectivity index (χ0) is 21.9. The third-order valence-electron chi connectivity index (χ3n) is 4.67. The van der Waals surface area contributed by atoms with Crippen molar-refractivity contribution >= 4 is 27.3 Å². The fourth-order valence-electron chi connectivity index (χ4n) is 3.04. The largest absolute Gasteiger partial charge is 0.480 e. The molecule has 0 spiro atoms. The number of benzene rings is 2. The Balaban J connectivity index is 1.96. The van der Waals surface area contributed by atoms with E-state index in [9.17, 15) is 13.2 Å². The van der Waals surface area contributed by atoms with E-state index < -0.39 is 10.0 Å². The third-order valence-corrected chi connectivity index (χ3v) is 6.01. The molecule has 2 N–H and O–H groups in total. The minimum atomic E-state index is -4.02. The van der Waals surface area contributed by atoms with Gasteiger partial charge in [-0.05, 0) is 49.6 Å². The molecule has 8 heteroatoms. The first-order valence-corrected chi connectivity index (χ1v) is 10.7. The van der Waals surface area contributed by atoms with Crippen molar-refractivity contribution in [1.29, 1.82) is 0 Å². The number of aryl methyl sites for hydroxylation is 3. The summed E-state index contributed by atoms with van der Waals surface area (Å²) in [6.45, 7) is 5.46. The van der Waals surface area contributed by atoms with Gasteiger partial charge in [-0.3, -0.25) is 9.52 Å². The number of hydrogen-bond donors (Lipinski definition) is 2. The van der Waals surface area contributed by atoms with Crippen LogP contribution in [-0.4, -0.2) is 26.4 Å². The summed E-state index contributed by atoms with van der Waals surface area (Å²) >= 11 is 0. The Morgan fingerprint density at radius 1 is 0.967 bits per heavy atom. The SMILES string of the molecule is COc1ncc(NC(=O)c2ccccc2C)cc1S(=O)(=O)Nc1c(C)cccc1C. The number of hydrogen-bond acceptors (Lipinski definition) is 5. The van der Waals surface area contributed by atoms with Crippen LogP contribution in [0.4, 0.5) is 11.4 Å². The second-order valence-electron chi connectivity index (χ2n) is 6.87. The van der Waals surface area contributed by atoms with E-state index in [0.29, 0.717) is 11.3 Å². The predicted molar refractivity (Wildman–Crippen MR) is 117 cm³/mol. The van der Waals surface area contributed by atoms with E-state index in [0.717, 1.165) is 16.7 Å². The summed E-state index contributed by atoms with van der Waals surface area (Å²) in [5, 5.41) is 2.70. The molecule has 0 bridgehead atoms. The van der Waals surface area contributed by atoms with Crippen LogP contribution in [0.3, 0.4) is 0 Å². The highest BCUT2D eigenvalue weighted by molar-refractivity contribution is 7.92. The molecular formula is C22H23N3O4S. The molecule has 0 aliphatic rings. The normalized spacial score (nSPS) is 11.1. The van der Waals surface area contributed by atoms with E-state index in [-0.39, 0.29) is 22.4 Å². The number of aromatic nitrogens is 1. The summed E-state index contributed by atoms with van der Waals surface area (Å²) in [6.07, 6.45) is 1.35. The molecule has 1 heterocycles. The highest BCUT2D eigenvalue weighted by Gasteiger charge is 2.23. The van der Waals surface area contributed by atoms with Crippen molar-refractivity contribution in [3.8, 4) is 5.88 Å². The Kier molecular flexibility index (Phi) is 6.07. The number of carbonyl (C=O) groups is 1. The zero-order valence-corrected chi connectivity index (χ0v) is 18.0. The Labute approximate surface area is 176 Å². The van der Waals surface area contributed by atoms with Crippen LogP contribution in [0.1, 0.15) is 27.0 Å². The molecule has 0 radical (unpaired) electrons. The number of anilines is 2. The first-order valence-electron chi connectivity index (χ1n) is 9.23. The monoisotopic (exact) mass is 425 g/mol. The lowest BCUT2D eigenvalue weighted by Gasteiger charge is -2.15. The maximum absolute atomic E-state index is 13.1. The number of nitrogens with one attached hydrogen (secondary N) is 2. The average Bonchev–Trinajstić information content (AvgIpc) is 2.71. The predicted octanol–water partition coefficient (Wildman–Crippen LogP) is 4.07. The van der Waals surface area contributed by atoms with Crippen molar-refractivity contribution in [2.75, 3.05) is 17.1 Å². The highest BCUT2D eigenvalue weighted by Crippen LogP contribution is 2.29. The lowest BCUT2D eigenvalue weighted by Crippen LogP contribution is -2.18. The van der Waals surface area contributed by atoms with E-state index in [1.807, 2.05) is 51.1 Å². The van der Waals surface area contributed by atoms with Crippen LogP contribution in [0, 0.1) is 20.8 Å². The Bertz CT molecular complexity index is 1190. The molecule has 7 nitrogen and oxygen atoms in total. The molecule has 3 rings (SSSR count). The van der Waals surface area contributed by atoms with E-state index in [4.69, 9.17) is 4.74 Å². The standard InChI is InChI=1S/C22H23N3O4S/c1-14-8-5-6-11-18(14)21(26)24-17-12-19(22(29-4)23-13-17)30(27,28)25-20-15(2)9-7-10-16(20)3/h5-13,25H,1-4H3,(H,24,26). The molecule has 0 atom stereocenters. The molecule has 30 heavy (non-hydrogen) atoms. The van der Waals surface area contributed by atoms with Gasteiger partial charge in [0.2, 0.25) is 5.88 Å². The lowest BCUT2D eigenvalue weighted by molar-refractivity contribution is 0.102. The number of methoxy groups -OCH3 is 1. The smallest absolute Gasteiger partial charge is 0.267 e. The molecule has 3 aromatic rings. The number of nitrogens with zero attached hydrogens (tertiary/aromatic N) is 1. The van der Waals surface area contributed by atoms with E-state index in [1.54, 1.807) is 12.1 Å². The number of sulfonamides is 1. The van der Waals surface area contributed by atoms with Gasteiger partial charge in [-0.25, -0.2) is 13.4 Å². The molecule has 0 aliphatic carbocycles. The van der Waals surface area contributed by atoms with Crippen LogP contribution < -0.4 is 14.8 Å². The molecule has 0 saturated carbocycles. The lowest BCUT2D eigenvalue weighted by atomic mass is 10.1. The van der Waals surface area contributed by atoms with Gasteiger partial charge in [0, 0.05) is 5.56 Å². The molecular weight excluding hydrogens is 402 g/mol. The number of para-hydroxylation sites is 1. The fraction of sp³-hybridized carbons (Fsp3) is 0.182. The number of ether oxygens (including phenoxy) is 1. The summed E-state index contributed by atoms with van der Waals surface area (Å²) < 4.78 is 34.0. The average molecular weight is 426 g/mol. The van der Waals surface area contributed by atoms with E-state index in [2.05, 4.69) is 15.0 Å². The fourth-order valence-corrected chi connectivity index (χ4v) is 4.39. The van der Waals surface area contributed by atoms with Crippen LogP contribution in [0.2, 0.25) is 0 Å². The summed E-state index contributed by atoms with van der Waals surface area (Å²) in [5.74, 6) is -0.422. The van der Waals surface area contributed by atoms with Crippen LogP contribution in [0.25, 0.3) is 0 Å². The van der Waals surface area contributed by atoms with Crippen LogP contribution in [-0.2, 0) is 10.0 Å². The van der Waals surface area contributed by atoms with Gasteiger partial charge >= 0.3 is 0 Å². The summed E-state index contributed by atoms with van der Waals surface area (Å²) in [6, 6.07) is 13.9. The van der Waals surface area contributed by atoms with Crippen molar-refractivity contribution in [3.63, 3.8) is 0 Å². The van der Waals surface area contributed by atoms with Gasteiger partial charge in [0.1, 0.15) is 0 Å². The van der Waals surface area contributed by atoms with Gasteiger partial charge < -0.3 is 10.1 Å². The van der Waals surface area contributed by atoms with E-state index in [1.165, 1.54) is 19.4 Å². The minimum absolute atomic E-state index is 0.0670. The van der Waals surface area contributed by atoms with Gasteiger partial charge in [-0.2, -0.15) is 0 Å². The van der Waals surface area contributed by atoms with Crippen molar-refractivity contribution in [2.24, 2.45) is 0 Å². The quantitative estimate of drug-likeness (QED) is 0.620. The Hall–Kier alpha value is -3.39. The number of carbonyl (C=O) groups excluding carboxylic acids is 1. The van der Waals surface area contributed by atoms with Crippen LogP contribution in [0.5, 0.6) is 5.88 Å². The molecule has 156 valence electrons. The first kappa shape index (κ1) is 21.3. The van der Waals surface area contributed by atoms with Gasteiger partial charge in [0.05, 0.1) is 24.7 Å². The van der Waals surface area contributed by atoms with Gasteiger partial charge in [0.25, 0.3) is 15.9 Å². The van der Waals surface area contributed by atoms with E-state index >= 15 is 0 Å².